The lowest BCUT2D eigenvalue weighted by atomic mass is 10.1. The van der Waals surface area contributed by atoms with E-state index in [1.807, 2.05) is 59.6 Å². The van der Waals surface area contributed by atoms with Crippen LogP contribution in [0.1, 0.15) is 30.4 Å². The number of fused-ring (bicyclic) bond motifs is 2. The first kappa shape index (κ1) is 22.2. The van der Waals surface area contributed by atoms with Gasteiger partial charge < -0.3 is 15.0 Å². The maximum absolute atomic E-state index is 12.5. The second kappa shape index (κ2) is 9.77. The molecule has 0 saturated carbocycles. The molecular weight excluding hydrogens is 450 g/mol. The van der Waals surface area contributed by atoms with Crippen LogP contribution >= 0.6 is 0 Å². The summed E-state index contributed by atoms with van der Waals surface area (Å²) < 4.78 is 5.86. The van der Waals surface area contributed by atoms with Gasteiger partial charge in [0.25, 0.3) is 5.91 Å². The first-order valence-corrected chi connectivity index (χ1v) is 12.4. The van der Waals surface area contributed by atoms with Gasteiger partial charge in [0, 0.05) is 35.9 Å². The molecule has 6 rings (SSSR count). The van der Waals surface area contributed by atoms with Gasteiger partial charge in [0.05, 0.1) is 12.1 Å². The van der Waals surface area contributed by atoms with E-state index in [0.717, 1.165) is 66.0 Å². The van der Waals surface area contributed by atoms with E-state index in [9.17, 15) is 4.79 Å². The monoisotopic (exact) mass is 477 g/mol. The highest BCUT2D eigenvalue weighted by molar-refractivity contribution is 5.93. The molecule has 7 nitrogen and oxygen atoms in total. The highest BCUT2D eigenvalue weighted by Gasteiger charge is 2.17. The number of anilines is 2. The minimum atomic E-state index is 0.0351. The normalized spacial score (nSPS) is 14.6. The largest absolute Gasteiger partial charge is 0.484 e. The maximum Gasteiger partial charge on any atom is 0.260 e. The summed E-state index contributed by atoms with van der Waals surface area (Å²) in [6, 6.07) is 21.8. The molecular formula is C29H27N5O2. The van der Waals surface area contributed by atoms with Crippen molar-refractivity contribution in [1.29, 1.82) is 0 Å². The fourth-order valence-electron chi connectivity index (χ4n) is 4.72. The lowest BCUT2D eigenvalue weighted by Crippen LogP contribution is -2.38. The summed E-state index contributed by atoms with van der Waals surface area (Å²) in [5, 5.41) is 4.42. The van der Waals surface area contributed by atoms with E-state index in [4.69, 9.17) is 14.7 Å². The van der Waals surface area contributed by atoms with Crippen molar-refractivity contribution in [3.63, 3.8) is 0 Å². The smallest absolute Gasteiger partial charge is 0.260 e. The Morgan fingerprint density at radius 1 is 0.944 bits per heavy atom. The number of hydrogen-bond donors (Lipinski definition) is 1. The summed E-state index contributed by atoms with van der Waals surface area (Å²) in [6.07, 6.45) is 5.23. The number of aliphatic imine (C=N–C) groups is 1. The average molecular weight is 478 g/mol. The van der Waals surface area contributed by atoms with Gasteiger partial charge in [-0.1, -0.05) is 30.3 Å². The van der Waals surface area contributed by atoms with Crippen LogP contribution < -0.4 is 10.1 Å². The third kappa shape index (κ3) is 4.64. The minimum absolute atomic E-state index is 0.0351. The van der Waals surface area contributed by atoms with Gasteiger partial charge in [-0.3, -0.25) is 9.79 Å². The average Bonchev–Trinajstić information content (AvgIpc) is 3.40. The third-order valence-corrected chi connectivity index (χ3v) is 6.67. The number of aromatic nitrogens is 2. The molecule has 0 unspecified atom stereocenters. The number of nitrogens with one attached hydrogen (secondary N) is 1. The Balaban J connectivity index is 1.27. The van der Waals surface area contributed by atoms with Crippen LogP contribution in [-0.4, -0.2) is 46.7 Å². The van der Waals surface area contributed by atoms with E-state index < -0.39 is 0 Å². The summed E-state index contributed by atoms with van der Waals surface area (Å²) in [5.74, 6) is 1.98. The van der Waals surface area contributed by atoms with Crippen LogP contribution in [0.4, 0.5) is 11.5 Å². The number of carbonyl (C=O) groups excluding carboxylic acids is 1. The van der Waals surface area contributed by atoms with Gasteiger partial charge in [-0.15, -0.1) is 0 Å². The van der Waals surface area contributed by atoms with Crippen molar-refractivity contribution in [3.05, 3.63) is 77.9 Å². The topological polar surface area (TPSA) is 79.7 Å². The van der Waals surface area contributed by atoms with Crippen LogP contribution in [0.5, 0.6) is 5.75 Å². The summed E-state index contributed by atoms with van der Waals surface area (Å²) in [4.78, 5) is 28.5. The first-order valence-electron chi connectivity index (χ1n) is 12.4. The number of likely N-dealkylation sites (tertiary alicyclic amines) is 1. The Hall–Kier alpha value is -4.26. The van der Waals surface area contributed by atoms with Gasteiger partial charge in [0.2, 0.25) is 0 Å². The molecule has 2 aliphatic heterocycles. The van der Waals surface area contributed by atoms with Crippen molar-refractivity contribution in [2.45, 2.75) is 25.8 Å². The number of hydrogen-bond acceptors (Lipinski definition) is 6. The molecule has 0 radical (unpaired) electrons. The molecule has 0 atom stereocenters. The predicted molar refractivity (Wildman–Crippen MR) is 142 cm³/mol. The highest BCUT2D eigenvalue weighted by Crippen LogP contribution is 2.30. The molecule has 1 saturated heterocycles. The quantitative estimate of drug-likeness (QED) is 0.404. The van der Waals surface area contributed by atoms with Gasteiger partial charge in [-0.25, -0.2) is 9.97 Å². The molecule has 180 valence electrons. The molecule has 1 fully saturated rings. The summed E-state index contributed by atoms with van der Waals surface area (Å²) >= 11 is 0. The van der Waals surface area contributed by atoms with Crippen LogP contribution in [0.3, 0.4) is 0 Å². The molecule has 3 aromatic carbocycles. The van der Waals surface area contributed by atoms with Gasteiger partial charge in [0.1, 0.15) is 11.6 Å². The lowest BCUT2D eigenvalue weighted by Gasteiger charge is -2.26. The van der Waals surface area contributed by atoms with Crippen molar-refractivity contribution in [2.75, 3.05) is 25.0 Å². The molecule has 1 amide bonds. The summed E-state index contributed by atoms with van der Waals surface area (Å²) in [7, 11) is 0. The summed E-state index contributed by atoms with van der Waals surface area (Å²) in [6.45, 7) is 2.41. The Morgan fingerprint density at radius 3 is 2.75 bits per heavy atom. The molecule has 36 heavy (non-hydrogen) atoms. The molecule has 1 aromatic heterocycles. The number of ether oxygens (including phenoxy) is 1. The van der Waals surface area contributed by atoms with Crippen molar-refractivity contribution < 1.29 is 9.53 Å². The van der Waals surface area contributed by atoms with Crippen molar-refractivity contribution in [2.24, 2.45) is 4.99 Å². The Labute approximate surface area is 209 Å². The van der Waals surface area contributed by atoms with E-state index >= 15 is 0 Å². The van der Waals surface area contributed by atoms with E-state index in [-0.39, 0.29) is 12.5 Å². The number of para-hydroxylation sites is 1. The zero-order valence-electron chi connectivity index (χ0n) is 20.0. The number of piperidine rings is 1. The van der Waals surface area contributed by atoms with Gasteiger partial charge in [-0.2, -0.15) is 0 Å². The number of carbonyl (C=O) groups is 1. The van der Waals surface area contributed by atoms with Gasteiger partial charge >= 0.3 is 0 Å². The second-order valence-corrected chi connectivity index (χ2v) is 9.18. The van der Waals surface area contributed by atoms with Crippen LogP contribution in [0, 0.1) is 0 Å². The van der Waals surface area contributed by atoms with E-state index in [0.29, 0.717) is 11.6 Å². The lowest BCUT2D eigenvalue weighted by molar-refractivity contribution is -0.134. The molecule has 1 N–H and O–H groups in total. The molecule has 4 aromatic rings. The maximum atomic E-state index is 12.5. The van der Waals surface area contributed by atoms with Crippen molar-refractivity contribution in [3.8, 4) is 17.1 Å². The second-order valence-electron chi connectivity index (χ2n) is 9.18. The molecule has 3 heterocycles. The molecule has 2 aliphatic rings. The van der Waals surface area contributed by atoms with Crippen molar-refractivity contribution >= 4 is 34.5 Å². The van der Waals surface area contributed by atoms with Crippen LogP contribution in [0.2, 0.25) is 0 Å². The van der Waals surface area contributed by atoms with E-state index in [2.05, 4.69) is 28.5 Å². The zero-order valence-corrected chi connectivity index (χ0v) is 20.0. The fourth-order valence-corrected chi connectivity index (χ4v) is 4.72. The number of rotatable bonds is 6. The fraction of sp³-hybridized carbons (Fsp3) is 0.241. The molecule has 0 aliphatic carbocycles. The Kier molecular flexibility index (Phi) is 6.03. The van der Waals surface area contributed by atoms with Gasteiger partial charge in [0.15, 0.2) is 12.4 Å². The summed E-state index contributed by atoms with van der Waals surface area (Å²) in [5.41, 5.74) is 4.98. The number of amides is 1. The standard InChI is InChI=1S/C29H27N5O2/c35-27(34-13-4-1-5-14-34)19-36-24-8-6-7-20(16-24)28-32-26-10-3-2-9-25(26)29(33-28)31-23-12-11-21-17-30-18-22(21)15-23/h2-3,6-12,15-16,18H,1,4-5,13-14,17,19H2,(H,31,32,33). The van der Waals surface area contributed by atoms with Crippen molar-refractivity contribution in [1.82, 2.24) is 14.9 Å². The third-order valence-electron chi connectivity index (χ3n) is 6.67. The van der Waals surface area contributed by atoms with Crippen LogP contribution in [0.25, 0.3) is 22.3 Å². The van der Waals surface area contributed by atoms with E-state index in [1.54, 1.807) is 0 Å². The zero-order chi connectivity index (χ0) is 24.3. The highest BCUT2D eigenvalue weighted by atomic mass is 16.5. The Bertz CT molecular complexity index is 1460. The van der Waals surface area contributed by atoms with Gasteiger partial charge in [-0.05, 0) is 66.8 Å². The van der Waals surface area contributed by atoms with E-state index in [1.165, 1.54) is 12.0 Å². The number of benzene rings is 3. The van der Waals surface area contributed by atoms with Crippen LogP contribution in [0.15, 0.2) is 71.7 Å². The number of nitrogens with zero attached hydrogens (tertiary/aromatic N) is 4. The van der Waals surface area contributed by atoms with Crippen LogP contribution in [-0.2, 0) is 11.3 Å². The first-order chi connectivity index (χ1) is 17.7. The SMILES string of the molecule is O=C(COc1cccc(-c2nc(Nc3ccc4c(c3)C=NC4)c3ccccc3n2)c1)N1CCCCC1. The predicted octanol–water partition coefficient (Wildman–Crippen LogP) is 5.36. The molecule has 0 bridgehead atoms. The molecule has 7 heteroatoms. The molecule has 0 spiro atoms. The minimum Gasteiger partial charge on any atom is -0.484 e. The Morgan fingerprint density at radius 2 is 1.83 bits per heavy atom.